The molecule has 2 aromatic heterocycles. The van der Waals surface area contributed by atoms with Crippen LogP contribution in [-0.2, 0) is 4.74 Å². The van der Waals surface area contributed by atoms with E-state index in [0.29, 0.717) is 27.9 Å². The Morgan fingerprint density at radius 2 is 1.82 bits per heavy atom. The van der Waals surface area contributed by atoms with Crippen molar-refractivity contribution in [3.05, 3.63) is 72.2 Å². The zero-order valence-electron chi connectivity index (χ0n) is 19.2. The van der Waals surface area contributed by atoms with Gasteiger partial charge in [0.05, 0.1) is 12.2 Å². The van der Waals surface area contributed by atoms with Crippen molar-refractivity contribution in [3.8, 4) is 11.1 Å². The molecule has 0 aliphatic heterocycles. The number of anilines is 3. The molecule has 4 aromatic rings. The fraction of sp³-hybridized carbons (Fsp3) is 0.200. The Bertz CT molecular complexity index is 1340. The van der Waals surface area contributed by atoms with Crippen LogP contribution in [0.25, 0.3) is 16.6 Å². The third-order valence-electron chi connectivity index (χ3n) is 5.36. The van der Waals surface area contributed by atoms with Gasteiger partial charge >= 0.3 is 12.0 Å². The van der Waals surface area contributed by atoms with E-state index in [0.717, 1.165) is 11.3 Å². The minimum atomic E-state index is -0.479. The van der Waals surface area contributed by atoms with Gasteiger partial charge in [-0.05, 0) is 42.2 Å². The molecule has 0 aliphatic rings. The lowest BCUT2D eigenvalue weighted by molar-refractivity contribution is 0.0527. The molecule has 0 atom stereocenters. The number of carbonyl (C=O) groups is 2. The summed E-state index contributed by atoms with van der Waals surface area (Å²) >= 11 is 0. The second kappa shape index (κ2) is 9.62. The first-order valence-corrected chi connectivity index (χ1v) is 10.9. The van der Waals surface area contributed by atoms with E-state index in [1.54, 1.807) is 37.4 Å². The zero-order chi connectivity index (χ0) is 24.2. The number of urea groups is 1. The number of rotatable bonds is 6. The number of para-hydroxylation sites is 1. The smallest absolute Gasteiger partial charge is 0.340 e. The summed E-state index contributed by atoms with van der Waals surface area (Å²) in [7, 11) is 0. The second-order valence-corrected chi connectivity index (χ2v) is 7.98. The fourth-order valence-corrected chi connectivity index (χ4v) is 3.81. The van der Waals surface area contributed by atoms with Gasteiger partial charge in [-0.1, -0.05) is 44.2 Å². The SMILES string of the molecule is CCOC(=O)c1cn2ncnc(N)c2c1-c1ccc(NC(=O)Nc2ccccc2C(C)C)cc1. The molecule has 2 aromatic carbocycles. The number of hydrogen-bond acceptors (Lipinski definition) is 6. The molecule has 2 amide bonds. The monoisotopic (exact) mass is 458 g/mol. The van der Waals surface area contributed by atoms with Gasteiger partial charge in [0.1, 0.15) is 11.8 Å². The van der Waals surface area contributed by atoms with E-state index in [1.807, 2.05) is 24.3 Å². The molecule has 174 valence electrons. The predicted molar refractivity (Wildman–Crippen MR) is 132 cm³/mol. The van der Waals surface area contributed by atoms with E-state index < -0.39 is 5.97 Å². The second-order valence-electron chi connectivity index (χ2n) is 7.98. The summed E-state index contributed by atoms with van der Waals surface area (Å²) in [5.41, 5.74) is 10.6. The lowest BCUT2D eigenvalue weighted by atomic mass is 10.0. The highest BCUT2D eigenvalue weighted by molar-refractivity contribution is 6.05. The Morgan fingerprint density at radius 3 is 2.53 bits per heavy atom. The van der Waals surface area contributed by atoms with Gasteiger partial charge in [0.25, 0.3) is 0 Å². The molecule has 0 aliphatic carbocycles. The van der Waals surface area contributed by atoms with Crippen molar-refractivity contribution in [2.45, 2.75) is 26.7 Å². The van der Waals surface area contributed by atoms with Crippen LogP contribution in [0, 0.1) is 0 Å². The number of ether oxygens (including phenoxy) is 1. The third kappa shape index (κ3) is 4.54. The van der Waals surface area contributed by atoms with Crippen molar-refractivity contribution in [1.29, 1.82) is 0 Å². The summed E-state index contributed by atoms with van der Waals surface area (Å²) in [6, 6.07) is 14.4. The third-order valence-corrected chi connectivity index (χ3v) is 5.36. The van der Waals surface area contributed by atoms with Crippen molar-refractivity contribution in [1.82, 2.24) is 14.6 Å². The highest BCUT2D eigenvalue weighted by atomic mass is 16.5. The first-order chi connectivity index (χ1) is 16.4. The molecule has 34 heavy (non-hydrogen) atoms. The standard InChI is InChI=1S/C25H26N6O3/c1-4-34-24(32)19-13-31-22(23(26)27-14-28-31)21(19)16-9-11-17(12-10-16)29-25(33)30-20-8-6-5-7-18(20)15(2)3/h5-15H,4H2,1-3H3,(H2,26,27,28)(H2,29,30,33). The van der Waals surface area contributed by atoms with Crippen LogP contribution in [0.4, 0.5) is 22.0 Å². The molecular weight excluding hydrogens is 432 g/mol. The Kier molecular flexibility index (Phi) is 6.44. The highest BCUT2D eigenvalue weighted by Gasteiger charge is 2.22. The first-order valence-electron chi connectivity index (χ1n) is 10.9. The molecule has 0 bridgehead atoms. The summed E-state index contributed by atoms with van der Waals surface area (Å²) in [6.07, 6.45) is 2.90. The van der Waals surface area contributed by atoms with Crippen LogP contribution in [0.3, 0.4) is 0 Å². The summed E-state index contributed by atoms with van der Waals surface area (Å²) in [5, 5.41) is 9.90. The minimum Gasteiger partial charge on any atom is -0.462 e. The molecule has 0 fully saturated rings. The average Bonchev–Trinajstić information content (AvgIpc) is 3.21. The lowest BCUT2D eigenvalue weighted by Gasteiger charge is -2.14. The molecule has 0 spiro atoms. The Labute approximate surface area is 197 Å². The van der Waals surface area contributed by atoms with Crippen LogP contribution >= 0.6 is 0 Å². The molecule has 0 unspecified atom stereocenters. The summed E-state index contributed by atoms with van der Waals surface area (Å²) in [6.45, 7) is 6.13. The van der Waals surface area contributed by atoms with Gasteiger partial charge in [-0.2, -0.15) is 5.10 Å². The Balaban J connectivity index is 1.60. The topological polar surface area (TPSA) is 124 Å². The predicted octanol–water partition coefficient (Wildman–Crippen LogP) is 4.92. The van der Waals surface area contributed by atoms with Crippen LogP contribution in [0.2, 0.25) is 0 Å². The number of amides is 2. The van der Waals surface area contributed by atoms with Crippen molar-refractivity contribution in [2.75, 3.05) is 23.0 Å². The van der Waals surface area contributed by atoms with Crippen LogP contribution in [-0.4, -0.2) is 33.2 Å². The molecule has 0 saturated carbocycles. The van der Waals surface area contributed by atoms with Gasteiger partial charge < -0.3 is 21.1 Å². The number of hydrogen-bond donors (Lipinski definition) is 3. The normalized spacial score (nSPS) is 10.9. The molecule has 0 saturated heterocycles. The Morgan fingerprint density at radius 1 is 1.09 bits per heavy atom. The van der Waals surface area contributed by atoms with Crippen LogP contribution in [0.1, 0.15) is 42.6 Å². The first kappa shape index (κ1) is 22.8. The maximum absolute atomic E-state index is 12.6. The zero-order valence-corrected chi connectivity index (χ0v) is 19.2. The van der Waals surface area contributed by atoms with Crippen molar-refractivity contribution in [3.63, 3.8) is 0 Å². The quantitative estimate of drug-likeness (QED) is 0.352. The molecular formula is C25H26N6O3. The number of nitrogens with one attached hydrogen (secondary N) is 2. The number of carbonyl (C=O) groups excluding carboxylic acids is 2. The maximum Gasteiger partial charge on any atom is 0.340 e. The van der Waals surface area contributed by atoms with Crippen LogP contribution in [0.5, 0.6) is 0 Å². The van der Waals surface area contributed by atoms with Gasteiger partial charge in [0.15, 0.2) is 5.82 Å². The minimum absolute atomic E-state index is 0.240. The number of aromatic nitrogens is 3. The molecule has 2 heterocycles. The van der Waals surface area contributed by atoms with E-state index in [-0.39, 0.29) is 24.4 Å². The summed E-state index contributed by atoms with van der Waals surface area (Å²) in [5.74, 6) is 0.0387. The molecule has 4 N–H and O–H groups in total. The molecule has 9 heteroatoms. The van der Waals surface area contributed by atoms with Crippen molar-refractivity contribution in [2.24, 2.45) is 0 Å². The highest BCUT2D eigenvalue weighted by Crippen LogP contribution is 2.33. The van der Waals surface area contributed by atoms with Crippen molar-refractivity contribution < 1.29 is 14.3 Å². The maximum atomic E-state index is 12.6. The van der Waals surface area contributed by atoms with E-state index in [2.05, 4.69) is 34.6 Å². The van der Waals surface area contributed by atoms with E-state index in [1.165, 1.54) is 10.8 Å². The molecule has 4 rings (SSSR count). The van der Waals surface area contributed by atoms with Gasteiger partial charge in [-0.3, -0.25) is 0 Å². The number of nitrogens with zero attached hydrogens (tertiary/aromatic N) is 3. The van der Waals surface area contributed by atoms with Crippen LogP contribution in [0.15, 0.2) is 61.1 Å². The van der Waals surface area contributed by atoms with E-state index >= 15 is 0 Å². The lowest BCUT2D eigenvalue weighted by Crippen LogP contribution is -2.20. The largest absolute Gasteiger partial charge is 0.462 e. The van der Waals surface area contributed by atoms with E-state index in [4.69, 9.17) is 10.5 Å². The summed E-state index contributed by atoms with van der Waals surface area (Å²) < 4.78 is 6.72. The van der Waals surface area contributed by atoms with E-state index in [9.17, 15) is 9.59 Å². The van der Waals surface area contributed by atoms with Gasteiger partial charge in [0, 0.05) is 23.1 Å². The number of fused-ring (bicyclic) bond motifs is 1. The van der Waals surface area contributed by atoms with Crippen LogP contribution < -0.4 is 16.4 Å². The summed E-state index contributed by atoms with van der Waals surface area (Å²) in [4.78, 5) is 29.2. The molecule has 0 radical (unpaired) electrons. The van der Waals surface area contributed by atoms with Gasteiger partial charge in [0.2, 0.25) is 0 Å². The number of benzene rings is 2. The number of esters is 1. The average molecular weight is 459 g/mol. The van der Waals surface area contributed by atoms with Crippen molar-refractivity contribution >= 4 is 34.7 Å². The van der Waals surface area contributed by atoms with Gasteiger partial charge in [-0.15, -0.1) is 0 Å². The van der Waals surface area contributed by atoms with Gasteiger partial charge in [-0.25, -0.2) is 19.1 Å². The molecule has 9 nitrogen and oxygen atoms in total. The fourth-order valence-electron chi connectivity index (χ4n) is 3.81. The Hall–Kier alpha value is -4.40. The number of nitrogen functional groups attached to an aromatic ring is 1. The number of nitrogens with two attached hydrogens (primary N) is 1.